The molecular weight excluding hydrogens is 334 g/mol. The minimum atomic E-state index is -0.900. The van der Waals surface area contributed by atoms with Crippen LogP contribution in [0.1, 0.15) is 18.2 Å². The number of aliphatic hydroxyl groups excluding tert-OH is 1. The summed E-state index contributed by atoms with van der Waals surface area (Å²) in [6.07, 6.45) is -0.879. The number of hydrogen-bond acceptors (Lipinski definition) is 7. The van der Waals surface area contributed by atoms with Gasteiger partial charge in [0.15, 0.2) is 0 Å². The number of hydrogen-bond donors (Lipinski definition) is 5. The van der Waals surface area contributed by atoms with Crippen molar-refractivity contribution in [3.63, 3.8) is 0 Å². The van der Waals surface area contributed by atoms with E-state index in [1.54, 1.807) is 6.92 Å². The Morgan fingerprint density at radius 2 is 2.12 bits per heavy atom. The summed E-state index contributed by atoms with van der Waals surface area (Å²) in [5.41, 5.74) is 4.32. The Hall–Kier alpha value is -2.50. The quantitative estimate of drug-likeness (QED) is 0.356. The predicted octanol–water partition coefficient (Wildman–Crippen LogP) is -3.32. The van der Waals surface area contributed by atoms with Crippen molar-refractivity contribution < 1.29 is 19.4 Å². The second kappa shape index (κ2) is 8.05. The Labute approximate surface area is 142 Å². The minimum Gasteiger partial charge on any atom is -0.390 e. The normalized spacial score (nSPS) is 22.6. The molecule has 0 aliphatic carbocycles. The first-order chi connectivity index (χ1) is 11.8. The molecule has 3 atom stereocenters. The van der Waals surface area contributed by atoms with Crippen LogP contribution in [0.15, 0.2) is 15.8 Å². The summed E-state index contributed by atoms with van der Waals surface area (Å²) in [6, 6.07) is 0. The van der Waals surface area contributed by atoms with Gasteiger partial charge in [0.05, 0.1) is 19.2 Å². The van der Waals surface area contributed by atoms with E-state index in [1.165, 1.54) is 10.8 Å². The predicted molar refractivity (Wildman–Crippen MR) is 85.7 cm³/mol. The van der Waals surface area contributed by atoms with E-state index < -0.39 is 41.5 Å². The molecule has 2 rings (SSSR count). The Balaban J connectivity index is 1.92. The van der Waals surface area contributed by atoms with E-state index in [2.05, 4.69) is 15.6 Å². The van der Waals surface area contributed by atoms with E-state index in [1.807, 2.05) is 0 Å². The molecule has 0 unspecified atom stereocenters. The first-order valence-corrected chi connectivity index (χ1v) is 7.71. The second-order valence-corrected chi connectivity index (χ2v) is 5.70. The average Bonchev–Trinajstić information content (AvgIpc) is 2.94. The zero-order chi connectivity index (χ0) is 18.6. The van der Waals surface area contributed by atoms with Gasteiger partial charge in [0.1, 0.15) is 12.3 Å². The van der Waals surface area contributed by atoms with E-state index in [9.17, 15) is 24.3 Å². The van der Waals surface area contributed by atoms with Crippen LogP contribution in [0, 0.1) is 6.92 Å². The van der Waals surface area contributed by atoms with Crippen LogP contribution in [0.3, 0.4) is 0 Å². The standard InChI is InChI=1S/C14H21N5O6/c1-7-6-19(14(24)18-13(7)23)12-2-8(20)9(25-12)4-16-11(22)5-17-10(21)3-15/h6,8-9,12,20H,2-5,15H2,1H3,(H,16,22)(H,17,21)(H,18,23,24)/t8-,9+,12+/m0/s1. The molecule has 1 fully saturated rings. The van der Waals surface area contributed by atoms with Gasteiger partial charge in [-0.15, -0.1) is 0 Å². The van der Waals surface area contributed by atoms with E-state index in [0.29, 0.717) is 5.56 Å². The third-order valence-corrected chi connectivity index (χ3v) is 3.79. The number of aromatic amines is 1. The van der Waals surface area contributed by atoms with Crippen LogP contribution in [0.5, 0.6) is 0 Å². The summed E-state index contributed by atoms with van der Waals surface area (Å²) in [5, 5.41) is 14.9. The number of aryl methyl sites for hydroxylation is 1. The van der Waals surface area contributed by atoms with E-state index >= 15 is 0 Å². The summed E-state index contributed by atoms with van der Waals surface area (Å²) in [4.78, 5) is 48.0. The van der Waals surface area contributed by atoms with Gasteiger partial charge in [-0.2, -0.15) is 0 Å². The number of carbonyl (C=O) groups excluding carboxylic acids is 2. The van der Waals surface area contributed by atoms with E-state index in [-0.39, 0.29) is 26.1 Å². The number of nitrogens with one attached hydrogen (secondary N) is 3. The van der Waals surface area contributed by atoms with Crippen molar-refractivity contribution in [3.8, 4) is 0 Å². The lowest BCUT2D eigenvalue weighted by Gasteiger charge is -2.17. The summed E-state index contributed by atoms with van der Waals surface area (Å²) in [7, 11) is 0. The zero-order valence-corrected chi connectivity index (χ0v) is 13.7. The van der Waals surface area contributed by atoms with E-state index in [4.69, 9.17) is 10.5 Å². The van der Waals surface area contributed by atoms with Gasteiger partial charge >= 0.3 is 5.69 Å². The maximum Gasteiger partial charge on any atom is 0.330 e. The molecule has 0 saturated carbocycles. The molecule has 138 valence electrons. The van der Waals surface area contributed by atoms with Gasteiger partial charge in [-0.05, 0) is 6.92 Å². The van der Waals surface area contributed by atoms with Crippen molar-refractivity contribution in [2.75, 3.05) is 19.6 Å². The molecule has 0 bridgehead atoms. The lowest BCUT2D eigenvalue weighted by molar-refractivity contribution is -0.125. The van der Waals surface area contributed by atoms with Crippen LogP contribution in [0.25, 0.3) is 0 Å². The van der Waals surface area contributed by atoms with Crippen molar-refractivity contribution in [3.05, 3.63) is 32.6 Å². The van der Waals surface area contributed by atoms with Gasteiger partial charge in [0.2, 0.25) is 11.8 Å². The Bertz CT molecular complexity index is 757. The molecule has 25 heavy (non-hydrogen) atoms. The molecule has 2 amide bonds. The van der Waals surface area contributed by atoms with Gasteiger partial charge < -0.3 is 26.2 Å². The topological polar surface area (TPSA) is 169 Å². The van der Waals surface area contributed by atoms with Crippen LogP contribution in [-0.4, -0.2) is 58.3 Å². The minimum absolute atomic E-state index is 0.00603. The smallest absolute Gasteiger partial charge is 0.330 e. The number of amides is 2. The third kappa shape index (κ3) is 4.75. The fourth-order valence-corrected chi connectivity index (χ4v) is 2.40. The highest BCUT2D eigenvalue weighted by molar-refractivity contribution is 5.85. The van der Waals surface area contributed by atoms with Crippen molar-refractivity contribution in [2.45, 2.75) is 31.8 Å². The number of aromatic nitrogens is 2. The van der Waals surface area contributed by atoms with Gasteiger partial charge in [-0.1, -0.05) is 0 Å². The maximum absolute atomic E-state index is 11.9. The summed E-state index contributed by atoms with van der Waals surface area (Å²) in [5.74, 6) is -0.918. The van der Waals surface area contributed by atoms with Crippen LogP contribution in [-0.2, 0) is 14.3 Å². The average molecular weight is 355 g/mol. The number of H-pyrrole nitrogens is 1. The summed E-state index contributed by atoms with van der Waals surface area (Å²) < 4.78 is 6.80. The second-order valence-electron chi connectivity index (χ2n) is 5.70. The monoisotopic (exact) mass is 355 g/mol. The van der Waals surface area contributed by atoms with Crippen LogP contribution < -0.4 is 27.6 Å². The molecule has 11 nitrogen and oxygen atoms in total. The largest absolute Gasteiger partial charge is 0.390 e. The fourth-order valence-electron chi connectivity index (χ4n) is 2.40. The highest BCUT2D eigenvalue weighted by Crippen LogP contribution is 2.27. The lowest BCUT2D eigenvalue weighted by atomic mass is 10.2. The van der Waals surface area contributed by atoms with Crippen molar-refractivity contribution in [1.29, 1.82) is 0 Å². The van der Waals surface area contributed by atoms with Crippen LogP contribution >= 0.6 is 0 Å². The number of rotatable bonds is 6. The number of ether oxygens (including phenoxy) is 1. The molecule has 0 aromatic carbocycles. The Morgan fingerprint density at radius 1 is 1.40 bits per heavy atom. The summed E-state index contributed by atoms with van der Waals surface area (Å²) in [6.45, 7) is 1.10. The molecule has 0 radical (unpaired) electrons. The lowest BCUT2D eigenvalue weighted by Crippen LogP contribution is -2.43. The molecule has 1 aliphatic heterocycles. The van der Waals surface area contributed by atoms with Gasteiger partial charge in [-0.25, -0.2) is 4.79 Å². The van der Waals surface area contributed by atoms with Crippen LogP contribution in [0.2, 0.25) is 0 Å². The number of nitrogens with zero attached hydrogens (tertiary/aromatic N) is 1. The molecule has 1 saturated heterocycles. The molecule has 1 aromatic heterocycles. The highest BCUT2D eigenvalue weighted by Gasteiger charge is 2.35. The van der Waals surface area contributed by atoms with Crippen molar-refractivity contribution >= 4 is 11.8 Å². The number of carbonyl (C=O) groups is 2. The summed E-state index contributed by atoms with van der Waals surface area (Å²) >= 11 is 0. The van der Waals surface area contributed by atoms with Crippen LogP contribution in [0.4, 0.5) is 0 Å². The van der Waals surface area contributed by atoms with Gasteiger partial charge in [0, 0.05) is 24.7 Å². The molecule has 11 heteroatoms. The zero-order valence-electron chi connectivity index (χ0n) is 13.7. The Morgan fingerprint density at radius 3 is 2.80 bits per heavy atom. The first-order valence-electron chi connectivity index (χ1n) is 7.71. The first kappa shape index (κ1) is 18.8. The van der Waals surface area contributed by atoms with E-state index in [0.717, 1.165) is 0 Å². The van der Waals surface area contributed by atoms with Gasteiger partial charge in [0.25, 0.3) is 5.56 Å². The van der Waals surface area contributed by atoms with Gasteiger partial charge in [-0.3, -0.25) is 23.9 Å². The number of aliphatic hydroxyl groups is 1. The fraction of sp³-hybridized carbons (Fsp3) is 0.571. The Kier molecular flexibility index (Phi) is 6.07. The van der Waals surface area contributed by atoms with Crippen molar-refractivity contribution in [2.24, 2.45) is 5.73 Å². The third-order valence-electron chi connectivity index (χ3n) is 3.79. The SMILES string of the molecule is Cc1cn([C@H]2C[C@H](O)[C@@H](CNC(=O)CNC(=O)CN)O2)c(=O)[nH]c1=O. The molecular formula is C14H21N5O6. The van der Waals surface area contributed by atoms with Crippen molar-refractivity contribution in [1.82, 2.24) is 20.2 Å². The highest BCUT2D eigenvalue weighted by atomic mass is 16.5. The molecule has 0 spiro atoms. The molecule has 1 aromatic rings. The molecule has 2 heterocycles. The number of nitrogens with two attached hydrogens (primary N) is 1. The molecule has 1 aliphatic rings. The maximum atomic E-state index is 11.9. The molecule has 6 N–H and O–H groups in total.